The van der Waals surface area contributed by atoms with Gasteiger partial charge >= 0.3 is 11.8 Å². The van der Waals surface area contributed by atoms with Crippen molar-refractivity contribution in [1.29, 1.82) is 0 Å². The van der Waals surface area contributed by atoms with Crippen LogP contribution in [-0.4, -0.2) is 112 Å². The number of hydrogen-bond acceptors (Lipinski definition) is 14. The summed E-state index contributed by atoms with van der Waals surface area (Å²) in [6.07, 6.45) is 5.45. The summed E-state index contributed by atoms with van der Waals surface area (Å²) in [6.45, 7) is 4.12. The van der Waals surface area contributed by atoms with E-state index in [4.69, 9.17) is 34.2 Å². The third-order valence-electron chi connectivity index (χ3n) is 11.0. The van der Waals surface area contributed by atoms with Gasteiger partial charge in [0.2, 0.25) is 18.1 Å². The topological polar surface area (TPSA) is 269 Å². The maximum Gasteiger partial charge on any atom is 0.508 e. The van der Waals surface area contributed by atoms with Crippen LogP contribution in [0.25, 0.3) is 0 Å². The number of aliphatic hydroxyl groups is 2. The first-order valence-corrected chi connectivity index (χ1v) is 21.5. The maximum atomic E-state index is 13.2. The van der Waals surface area contributed by atoms with Gasteiger partial charge < -0.3 is 55.0 Å². The van der Waals surface area contributed by atoms with Crippen molar-refractivity contribution in [2.24, 2.45) is 5.73 Å². The lowest BCUT2D eigenvalue weighted by Gasteiger charge is -2.35. The predicted octanol–water partition coefficient (Wildman–Crippen LogP) is 2.46. The number of nitrogens with two attached hydrogens (primary N) is 1. The number of aromatic nitrogens is 2. The molecule has 0 aliphatic carbocycles. The van der Waals surface area contributed by atoms with Crippen molar-refractivity contribution < 1.29 is 57.8 Å². The minimum atomic E-state index is -1.91. The first-order valence-electron chi connectivity index (χ1n) is 21.5. The van der Waals surface area contributed by atoms with Crippen LogP contribution in [-0.2, 0) is 42.8 Å². The minimum absolute atomic E-state index is 0.0506. The van der Waals surface area contributed by atoms with Crippen LogP contribution in [0.15, 0.2) is 33.7 Å². The first kappa shape index (κ1) is 48.4. The summed E-state index contributed by atoms with van der Waals surface area (Å²) in [7, 11) is 1.21. The second-order valence-electron chi connectivity index (χ2n) is 15.8. The van der Waals surface area contributed by atoms with Crippen LogP contribution in [0.2, 0.25) is 0 Å². The van der Waals surface area contributed by atoms with Crippen molar-refractivity contribution >= 4 is 23.9 Å². The molecule has 7 N–H and O–H groups in total. The summed E-state index contributed by atoms with van der Waals surface area (Å²) in [5.74, 6) is -3.00. The monoisotopic (exact) mass is 851 g/mol. The number of ether oxygens (including phenoxy) is 6. The highest BCUT2D eigenvalue weighted by Crippen LogP contribution is 2.36. The van der Waals surface area contributed by atoms with Crippen molar-refractivity contribution in [2.45, 2.75) is 184 Å². The molecule has 3 aliphatic rings. The molecule has 2 saturated heterocycles. The fourth-order valence-electron chi connectivity index (χ4n) is 7.63. The second kappa shape index (κ2) is 24.8. The largest absolute Gasteiger partial charge is 0.508 e. The van der Waals surface area contributed by atoms with Crippen LogP contribution in [0.5, 0.6) is 0 Å². The van der Waals surface area contributed by atoms with Crippen molar-refractivity contribution in [2.75, 3.05) is 13.7 Å². The molecule has 0 unspecified atom stereocenters. The molecule has 0 saturated carbocycles. The van der Waals surface area contributed by atoms with E-state index in [-0.39, 0.29) is 12.6 Å². The maximum absolute atomic E-state index is 13.2. The Balaban J connectivity index is 1.36. The Bertz CT molecular complexity index is 1680. The third kappa shape index (κ3) is 14.4. The van der Waals surface area contributed by atoms with Gasteiger partial charge in [0.25, 0.3) is 11.5 Å². The molecule has 0 radical (unpaired) electrons. The molecule has 3 aliphatic heterocycles. The van der Waals surface area contributed by atoms with E-state index in [0.29, 0.717) is 25.7 Å². The second-order valence-corrected chi connectivity index (χ2v) is 15.8. The summed E-state index contributed by atoms with van der Waals surface area (Å²) in [5, 5.41) is 26.8. The van der Waals surface area contributed by atoms with E-state index in [1.807, 2.05) is 6.92 Å². The Labute approximate surface area is 350 Å². The zero-order chi connectivity index (χ0) is 43.6. The molecule has 338 valence electrons. The van der Waals surface area contributed by atoms with Crippen molar-refractivity contribution in [1.82, 2.24) is 20.2 Å². The number of amides is 3. The Morgan fingerprint density at radius 3 is 2.18 bits per heavy atom. The lowest BCUT2D eigenvalue weighted by atomic mass is 10.0. The number of aliphatic hydroxyl groups excluding tert-OH is 2. The molecular weight excluding hydrogens is 786 g/mol. The Hall–Kier alpha value is -4.30. The van der Waals surface area contributed by atoms with Crippen LogP contribution in [0.4, 0.5) is 4.79 Å². The molecule has 10 atom stereocenters. The molecule has 0 spiro atoms. The molecule has 19 heteroatoms. The van der Waals surface area contributed by atoms with Crippen molar-refractivity contribution in [3.63, 3.8) is 0 Å². The van der Waals surface area contributed by atoms with Crippen molar-refractivity contribution in [3.05, 3.63) is 44.9 Å². The number of nitrogens with one attached hydrogen (secondary N) is 3. The summed E-state index contributed by atoms with van der Waals surface area (Å²) < 4.78 is 35.0. The highest BCUT2D eigenvalue weighted by molar-refractivity contribution is 5.95. The van der Waals surface area contributed by atoms with Crippen LogP contribution in [0.3, 0.4) is 0 Å². The Morgan fingerprint density at radius 1 is 0.950 bits per heavy atom. The van der Waals surface area contributed by atoms with Gasteiger partial charge in [0.05, 0.1) is 6.61 Å². The Kier molecular flexibility index (Phi) is 20.0. The van der Waals surface area contributed by atoms with Gasteiger partial charge in [-0.2, -0.15) is 0 Å². The molecule has 1 aromatic rings. The molecule has 4 heterocycles. The summed E-state index contributed by atoms with van der Waals surface area (Å²) in [4.78, 5) is 78.8. The van der Waals surface area contributed by atoms with E-state index in [9.17, 15) is 39.0 Å². The minimum Gasteiger partial charge on any atom is -0.456 e. The molecule has 19 nitrogen and oxygen atoms in total. The highest BCUT2D eigenvalue weighted by Gasteiger charge is 2.55. The number of carbonyl (C=O) groups is 4. The fraction of sp³-hybridized carbons (Fsp3) is 0.756. The number of aromatic amines is 1. The number of carbonyl (C=O) groups excluding carboxylic acids is 4. The SMILES string of the molecule is CCCCCCCCCCCCCCCCOC(=O)O[C@@H]1[C@H](OC)[C@@H]([C@@H](O[C@H]2OC(C(=O)N[C@H]3CCC[C@@H](C)NC3=O)=C[C@H](O)[C@@H]2O)C(N)=O)O[C@H]1n1ccc(=O)[nH]c1=O. The number of primary amides is 1. The molecule has 0 aromatic carbocycles. The van der Waals surface area contributed by atoms with Crippen LogP contribution >= 0.6 is 0 Å². The van der Waals surface area contributed by atoms with E-state index in [1.54, 1.807) is 0 Å². The van der Waals surface area contributed by atoms with Gasteiger partial charge in [-0.1, -0.05) is 90.4 Å². The van der Waals surface area contributed by atoms with Gasteiger partial charge in [-0.25, -0.2) is 9.59 Å². The average Bonchev–Trinajstić information content (AvgIpc) is 3.46. The summed E-state index contributed by atoms with van der Waals surface area (Å²) >= 11 is 0. The molecule has 3 amide bonds. The molecule has 2 fully saturated rings. The van der Waals surface area contributed by atoms with Gasteiger partial charge in [-0.3, -0.25) is 28.7 Å². The number of rotatable bonds is 24. The number of H-pyrrole nitrogens is 1. The van der Waals surface area contributed by atoms with E-state index in [0.717, 1.165) is 48.6 Å². The standard InChI is InChI=1S/C41H65N5O14/c1-4-5-6-7-8-9-10-11-12-13-14-15-16-17-23-56-41(54)60-34-31(55-3)32(58-38(34)46-22-21-29(48)45-40(46)53)33(35(42)50)59-39-30(49)27(47)24-28(57-39)37(52)44-26-20-18-19-25(2)43-36(26)51/h21-22,24-27,30-34,38-39,47,49H,4-20,23H2,1-3H3,(H2,42,50)(H,43,51)(H,44,52)(H,45,48,53)/t25-,26+,27+,30+,31-,32+,33-,34-,38-,39-/m1/s1. The normalized spacial score (nSPS) is 27.2. The lowest BCUT2D eigenvalue weighted by molar-refractivity contribution is -0.241. The zero-order valence-electron chi connectivity index (χ0n) is 35.1. The molecular formula is C41H65N5O14. The van der Waals surface area contributed by atoms with E-state index >= 15 is 0 Å². The highest BCUT2D eigenvalue weighted by atomic mass is 16.8. The number of unbranched alkanes of at least 4 members (excludes halogenated alkanes) is 13. The summed E-state index contributed by atoms with van der Waals surface area (Å²) in [6, 6.07) is 0.0355. The molecule has 4 rings (SSSR count). The number of methoxy groups -OCH3 is 1. The smallest absolute Gasteiger partial charge is 0.456 e. The van der Waals surface area contributed by atoms with Crippen LogP contribution in [0, 0.1) is 0 Å². The molecule has 0 bridgehead atoms. The zero-order valence-corrected chi connectivity index (χ0v) is 35.1. The van der Waals surface area contributed by atoms with Crippen LogP contribution in [0.1, 0.15) is 129 Å². The van der Waals surface area contributed by atoms with Gasteiger partial charge in [-0.15, -0.1) is 0 Å². The lowest BCUT2D eigenvalue weighted by Crippen LogP contribution is -2.54. The Morgan fingerprint density at radius 2 is 1.58 bits per heavy atom. The van der Waals surface area contributed by atoms with Gasteiger partial charge in [0.1, 0.15) is 30.5 Å². The van der Waals surface area contributed by atoms with E-state index < -0.39 is 96.1 Å². The van der Waals surface area contributed by atoms with Crippen molar-refractivity contribution in [3.8, 4) is 0 Å². The van der Waals surface area contributed by atoms with Gasteiger partial charge in [0, 0.05) is 25.4 Å². The quantitative estimate of drug-likeness (QED) is 0.0645. The first-order chi connectivity index (χ1) is 28.8. The average molecular weight is 852 g/mol. The molecule has 60 heavy (non-hydrogen) atoms. The van der Waals surface area contributed by atoms with Gasteiger partial charge in [0.15, 0.2) is 24.2 Å². The van der Waals surface area contributed by atoms with Gasteiger partial charge in [-0.05, 0) is 38.7 Å². The molecule has 1 aromatic heterocycles. The fourth-order valence-corrected chi connectivity index (χ4v) is 7.63. The van der Waals surface area contributed by atoms with E-state index in [1.165, 1.54) is 64.9 Å². The van der Waals surface area contributed by atoms with Crippen LogP contribution < -0.4 is 27.6 Å². The number of nitrogens with zero attached hydrogens (tertiary/aromatic N) is 1. The third-order valence-corrected chi connectivity index (χ3v) is 11.0. The van der Waals surface area contributed by atoms with E-state index in [2.05, 4.69) is 22.5 Å². The number of hydrogen-bond donors (Lipinski definition) is 6. The predicted molar refractivity (Wildman–Crippen MR) is 215 cm³/mol. The summed E-state index contributed by atoms with van der Waals surface area (Å²) in [5.41, 5.74) is 4.09.